The van der Waals surface area contributed by atoms with Gasteiger partial charge in [-0.2, -0.15) is 12.1 Å². The van der Waals surface area contributed by atoms with Crippen LogP contribution in [-0.2, 0) is 49.0 Å². The second kappa shape index (κ2) is 26.4. The molecule has 6 aromatic rings. The molecule has 8 rings (SSSR count). The van der Waals surface area contributed by atoms with Crippen molar-refractivity contribution >= 4 is 53.2 Å². The predicted octanol–water partition coefficient (Wildman–Crippen LogP) is 17.5. The molecule has 0 heterocycles. The zero-order chi connectivity index (χ0) is 39.4. The van der Waals surface area contributed by atoms with Gasteiger partial charge in [0.2, 0.25) is 0 Å². The van der Waals surface area contributed by atoms with Crippen LogP contribution in [0, 0.1) is 25.7 Å². The van der Waals surface area contributed by atoms with E-state index in [9.17, 15) is 0 Å². The number of hydrogen-bond acceptors (Lipinski definition) is 0. The molecule has 2 aliphatic carbocycles. The first-order chi connectivity index (χ1) is 27.5. The van der Waals surface area contributed by atoms with E-state index < -0.39 is 0 Å². The molecule has 2 saturated carbocycles. The molecule has 0 aliphatic heterocycles. The van der Waals surface area contributed by atoms with Gasteiger partial charge in [0, 0.05) is 0 Å². The van der Waals surface area contributed by atoms with Gasteiger partial charge in [0.25, 0.3) is 0 Å². The van der Waals surface area contributed by atoms with Gasteiger partial charge in [0.15, 0.2) is 0 Å². The summed E-state index contributed by atoms with van der Waals surface area (Å²) in [5, 5.41) is 5.67. The van der Waals surface area contributed by atoms with Gasteiger partial charge < -0.3 is 14.9 Å². The summed E-state index contributed by atoms with van der Waals surface area (Å²) in [6.07, 6.45) is 24.4. The van der Waals surface area contributed by atoms with Crippen molar-refractivity contribution in [2.24, 2.45) is 10.8 Å². The molecule has 2 radical (unpaired) electrons. The van der Waals surface area contributed by atoms with E-state index in [-0.39, 0.29) is 39.7 Å². The number of fused-ring (bicyclic) bond motifs is 2. The Morgan fingerprint density at radius 1 is 0.500 bits per heavy atom. The molecule has 6 aromatic carbocycles. The Balaban J connectivity index is 0.000000373. The molecule has 0 atom stereocenters. The summed E-state index contributed by atoms with van der Waals surface area (Å²) in [5.74, 6) is 0. The van der Waals surface area contributed by atoms with Crippen molar-refractivity contribution in [2.45, 2.75) is 143 Å². The van der Waals surface area contributed by atoms with E-state index in [0.29, 0.717) is 10.8 Å². The second-order valence-electron chi connectivity index (χ2n) is 17.4. The number of aryl methyl sites for hydroxylation is 2. The molecular formula is C56H74Cl2SiZr-4. The SMILES string of the molecule is CCCC1(Cc2cc3c(-c4ccc(CC)cc4)cccc3[cH-]2)CCCCC1.CCCC1(Cc2cc3c(-c4ccc(CC)cc4)cccc3[cH-]2)CCCCC1.Cl.Cl.[CH3-].[CH3-].[Si]=[Zr]. The van der Waals surface area contributed by atoms with Crippen molar-refractivity contribution in [3.8, 4) is 22.3 Å². The fourth-order valence-corrected chi connectivity index (χ4v) is 10.7. The maximum atomic E-state index is 3.06. The third kappa shape index (κ3) is 13.4. The average Bonchev–Trinajstić information content (AvgIpc) is 3.85. The average molecular weight is 937 g/mol. The van der Waals surface area contributed by atoms with Crippen molar-refractivity contribution < 1.29 is 23.3 Å². The van der Waals surface area contributed by atoms with E-state index in [1.807, 2.05) is 0 Å². The van der Waals surface area contributed by atoms with Crippen LogP contribution in [0.4, 0.5) is 0 Å². The first-order valence-corrected chi connectivity index (χ1v) is 26.4. The van der Waals surface area contributed by atoms with Gasteiger partial charge in [-0.25, -0.2) is 0 Å². The third-order valence-corrected chi connectivity index (χ3v) is 13.5. The first-order valence-electron chi connectivity index (χ1n) is 22.3. The van der Waals surface area contributed by atoms with Crippen LogP contribution in [0.15, 0.2) is 109 Å². The maximum absolute atomic E-state index is 3.06. The summed E-state index contributed by atoms with van der Waals surface area (Å²) >= 11 is 1.36. The van der Waals surface area contributed by atoms with Gasteiger partial charge in [0.05, 0.1) is 0 Å². The molecule has 0 amide bonds. The van der Waals surface area contributed by atoms with Crippen LogP contribution in [0.3, 0.4) is 0 Å². The normalized spacial score (nSPS) is 15.1. The molecule has 0 aromatic heterocycles. The van der Waals surface area contributed by atoms with E-state index in [0.717, 1.165) is 12.8 Å². The summed E-state index contributed by atoms with van der Waals surface area (Å²) in [6, 6.07) is 41.8. The Hall–Kier alpha value is -2.22. The van der Waals surface area contributed by atoms with Crippen LogP contribution in [0.1, 0.15) is 140 Å². The monoisotopic (exact) mass is 934 g/mol. The molecule has 0 nitrogen and oxygen atoms in total. The van der Waals surface area contributed by atoms with Crippen molar-refractivity contribution in [3.63, 3.8) is 0 Å². The molecule has 324 valence electrons. The van der Waals surface area contributed by atoms with Crippen LogP contribution in [0.5, 0.6) is 0 Å². The molecular weight excluding hydrogens is 863 g/mol. The molecule has 0 bridgehead atoms. The first kappa shape index (κ1) is 53.9. The van der Waals surface area contributed by atoms with Crippen LogP contribution < -0.4 is 0 Å². The van der Waals surface area contributed by atoms with E-state index in [2.05, 4.69) is 144 Å². The van der Waals surface area contributed by atoms with Crippen molar-refractivity contribution in [3.05, 3.63) is 146 Å². The van der Waals surface area contributed by atoms with Gasteiger partial charge >= 0.3 is 30.2 Å². The Morgan fingerprint density at radius 3 is 1.17 bits per heavy atom. The Kier molecular flexibility index (Phi) is 23.7. The fourth-order valence-electron chi connectivity index (χ4n) is 10.7. The van der Waals surface area contributed by atoms with E-state index in [4.69, 9.17) is 0 Å². The fraction of sp³-hybridized carbons (Fsp3) is 0.429. The summed E-state index contributed by atoms with van der Waals surface area (Å²) in [4.78, 5) is 0. The molecule has 4 heteroatoms. The van der Waals surface area contributed by atoms with E-state index >= 15 is 0 Å². The van der Waals surface area contributed by atoms with E-state index in [1.54, 1.807) is 11.1 Å². The Morgan fingerprint density at radius 2 is 0.850 bits per heavy atom. The van der Waals surface area contributed by atoms with Crippen molar-refractivity contribution in [2.75, 3.05) is 0 Å². The summed E-state index contributed by atoms with van der Waals surface area (Å²) in [7, 11) is 0. The molecule has 0 spiro atoms. The zero-order valence-electron chi connectivity index (χ0n) is 37.9. The number of halogens is 2. The van der Waals surface area contributed by atoms with Crippen LogP contribution in [0.2, 0.25) is 0 Å². The Bertz CT molecular complexity index is 1930. The van der Waals surface area contributed by atoms with Gasteiger partial charge in [-0.1, -0.05) is 151 Å². The molecule has 0 unspecified atom stereocenters. The van der Waals surface area contributed by atoms with Crippen LogP contribution >= 0.6 is 24.8 Å². The predicted molar refractivity (Wildman–Crippen MR) is 270 cm³/mol. The number of hydrogen-bond donors (Lipinski definition) is 0. The van der Waals surface area contributed by atoms with Gasteiger partial charge in [-0.3, -0.25) is 0 Å². The number of rotatable bonds is 12. The topological polar surface area (TPSA) is 0 Å². The van der Waals surface area contributed by atoms with Gasteiger partial charge in [-0.05, 0) is 97.3 Å². The summed E-state index contributed by atoms with van der Waals surface area (Å²) in [6.45, 7) is 12.2. The Labute approximate surface area is 396 Å². The molecule has 60 heavy (non-hydrogen) atoms. The molecule has 2 fully saturated rings. The third-order valence-electron chi connectivity index (χ3n) is 13.5. The zero-order valence-corrected chi connectivity index (χ0v) is 43.0. The minimum absolute atomic E-state index is 0. The molecule has 0 N–H and O–H groups in total. The quantitative estimate of drug-likeness (QED) is 0.0847. The van der Waals surface area contributed by atoms with Crippen LogP contribution in [-0.4, -0.2) is 6.88 Å². The molecule has 0 saturated heterocycles. The second-order valence-corrected chi connectivity index (χ2v) is 17.4. The van der Waals surface area contributed by atoms with E-state index in [1.165, 1.54) is 181 Å². The number of benzene rings is 4. The summed E-state index contributed by atoms with van der Waals surface area (Å²) < 4.78 is 0. The van der Waals surface area contributed by atoms with Crippen molar-refractivity contribution in [1.29, 1.82) is 0 Å². The summed E-state index contributed by atoms with van der Waals surface area (Å²) in [5.41, 5.74) is 12.5. The molecule has 2 aliphatic rings. The van der Waals surface area contributed by atoms with Crippen LogP contribution in [0.25, 0.3) is 43.8 Å². The van der Waals surface area contributed by atoms with Crippen molar-refractivity contribution in [1.82, 2.24) is 0 Å². The standard InChI is InChI=1S/2C27H33.2CH3.2ClH.Si.Zr/c2*1-3-15-27(16-6-5-7-17-27)20-22-18-24-9-8-10-25(26(24)19-22)23-13-11-21(4-2)12-14-23;;;;;;/h2*8-14,18-19H,3-7,15-17,20H2,1-2H3;2*1H3;2*1H;;/q4*-1;;;;. The van der Waals surface area contributed by atoms with Gasteiger partial charge in [0.1, 0.15) is 0 Å². The minimum atomic E-state index is 0. The van der Waals surface area contributed by atoms with Gasteiger partial charge in [-0.15, -0.1) is 93.9 Å².